The summed E-state index contributed by atoms with van der Waals surface area (Å²) in [5.41, 5.74) is 0.284. The van der Waals surface area contributed by atoms with E-state index in [0.717, 1.165) is 0 Å². The molecule has 1 aromatic carbocycles. The predicted molar refractivity (Wildman–Crippen MR) is 47.8 cm³/mol. The fourth-order valence-corrected chi connectivity index (χ4v) is 1.13. The van der Waals surface area contributed by atoms with Crippen molar-refractivity contribution in [2.75, 3.05) is 7.11 Å². The fourth-order valence-electron chi connectivity index (χ4n) is 0.764. The zero-order valence-corrected chi connectivity index (χ0v) is 7.82. The largest absolute Gasteiger partial charge is 0.465 e. The Morgan fingerprint density at radius 3 is 2.67 bits per heavy atom. The molecule has 0 radical (unpaired) electrons. The van der Waals surface area contributed by atoms with Gasteiger partial charge >= 0.3 is 5.97 Å². The van der Waals surface area contributed by atoms with Gasteiger partial charge in [0.15, 0.2) is 0 Å². The van der Waals surface area contributed by atoms with E-state index in [0.29, 0.717) is 10.0 Å². The van der Waals surface area contributed by atoms with Gasteiger partial charge in [-0.05, 0) is 18.2 Å². The van der Waals surface area contributed by atoms with Crippen LogP contribution < -0.4 is 0 Å². The molecule has 0 aliphatic rings. The highest BCUT2D eigenvalue weighted by Gasteiger charge is 2.10. The second-order valence-electron chi connectivity index (χ2n) is 2.12. The maximum atomic E-state index is 11.0. The number of carbonyl (C=O) groups excluding carboxylic acids is 1. The SMILES string of the molecule is COC(=O)c1cc(Cl)ccc1Cl. The van der Waals surface area contributed by atoms with E-state index in [1.165, 1.54) is 13.2 Å². The summed E-state index contributed by atoms with van der Waals surface area (Å²) >= 11 is 11.4. The molecule has 12 heavy (non-hydrogen) atoms. The van der Waals surface area contributed by atoms with Gasteiger partial charge in [-0.15, -0.1) is 0 Å². The standard InChI is InChI=1S/C8H6Cl2O2/c1-12-8(11)6-4-5(9)2-3-7(6)10/h2-4H,1H3. The van der Waals surface area contributed by atoms with Gasteiger partial charge in [0, 0.05) is 5.02 Å². The molecule has 1 rings (SSSR count). The lowest BCUT2D eigenvalue weighted by Gasteiger charge is -2.01. The highest BCUT2D eigenvalue weighted by atomic mass is 35.5. The van der Waals surface area contributed by atoms with E-state index < -0.39 is 5.97 Å². The summed E-state index contributed by atoms with van der Waals surface area (Å²) in [6.07, 6.45) is 0. The van der Waals surface area contributed by atoms with Crippen LogP contribution in [0.15, 0.2) is 18.2 Å². The van der Waals surface area contributed by atoms with Crippen molar-refractivity contribution in [3.63, 3.8) is 0 Å². The van der Waals surface area contributed by atoms with Gasteiger partial charge in [0.1, 0.15) is 0 Å². The Labute approximate surface area is 80.0 Å². The molecule has 0 aliphatic carbocycles. The van der Waals surface area contributed by atoms with Gasteiger partial charge in [-0.3, -0.25) is 0 Å². The first-order valence-electron chi connectivity index (χ1n) is 3.18. The van der Waals surface area contributed by atoms with Crippen LogP contribution in [0.4, 0.5) is 0 Å². The third kappa shape index (κ3) is 1.90. The number of rotatable bonds is 1. The van der Waals surface area contributed by atoms with Gasteiger partial charge in [0.25, 0.3) is 0 Å². The van der Waals surface area contributed by atoms with Gasteiger partial charge in [-0.25, -0.2) is 4.79 Å². The Morgan fingerprint density at radius 1 is 1.42 bits per heavy atom. The van der Waals surface area contributed by atoms with Crippen LogP contribution >= 0.6 is 23.2 Å². The Bertz CT molecular complexity index is 310. The van der Waals surface area contributed by atoms with Crippen molar-refractivity contribution >= 4 is 29.2 Å². The molecule has 0 spiro atoms. The molecule has 0 aromatic heterocycles. The Morgan fingerprint density at radius 2 is 2.08 bits per heavy atom. The van der Waals surface area contributed by atoms with Crippen molar-refractivity contribution in [3.8, 4) is 0 Å². The lowest BCUT2D eigenvalue weighted by molar-refractivity contribution is 0.0601. The third-order valence-corrected chi connectivity index (χ3v) is 1.90. The van der Waals surface area contributed by atoms with E-state index in [-0.39, 0.29) is 5.56 Å². The molecule has 2 nitrogen and oxygen atoms in total. The summed E-state index contributed by atoms with van der Waals surface area (Å²) in [4.78, 5) is 11.0. The number of esters is 1. The first-order chi connectivity index (χ1) is 5.65. The minimum atomic E-state index is -0.484. The monoisotopic (exact) mass is 204 g/mol. The Balaban J connectivity index is 3.13. The van der Waals surface area contributed by atoms with Crippen LogP contribution in [0.1, 0.15) is 10.4 Å². The summed E-state index contributed by atoms with van der Waals surface area (Å²) in [5, 5.41) is 0.797. The average molecular weight is 205 g/mol. The van der Waals surface area contributed by atoms with Crippen molar-refractivity contribution in [2.24, 2.45) is 0 Å². The number of benzene rings is 1. The number of carbonyl (C=O) groups is 1. The van der Waals surface area contributed by atoms with Crippen molar-refractivity contribution < 1.29 is 9.53 Å². The minimum Gasteiger partial charge on any atom is -0.465 e. The van der Waals surface area contributed by atoms with Crippen molar-refractivity contribution in [3.05, 3.63) is 33.8 Å². The zero-order chi connectivity index (χ0) is 9.14. The smallest absolute Gasteiger partial charge is 0.339 e. The summed E-state index contributed by atoms with van der Waals surface area (Å²) < 4.78 is 4.49. The van der Waals surface area contributed by atoms with E-state index in [2.05, 4.69) is 4.74 Å². The van der Waals surface area contributed by atoms with Gasteiger partial charge < -0.3 is 4.74 Å². The first kappa shape index (κ1) is 9.36. The molecule has 0 bridgehead atoms. The minimum absolute atomic E-state index is 0.284. The molecule has 1 aromatic rings. The molecule has 0 atom stereocenters. The van der Waals surface area contributed by atoms with Crippen LogP contribution in [0, 0.1) is 0 Å². The molecule has 0 amide bonds. The first-order valence-corrected chi connectivity index (χ1v) is 3.94. The molecule has 0 fully saturated rings. The van der Waals surface area contributed by atoms with Gasteiger partial charge in [-0.2, -0.15) is 0 Å². The van der Waals surface area contributed by atoms with E-state index in [1.54, 1.807) is 12.1 Å². The van der Waals surface area contributed by atoms with Crippen molar-refractivity contribution in [1.82, 2.24) is 0 Å². The van der Waals surface area contributed by atoms with Crippen LogP contribution in [0.3, 0.4) is 0 Å². The highest BCUT2D eigenvalue weighted by molar-refractivity contribution is 6.35. The van der Waals surface area contributed by atoms with Crippen molar-refractivity contribution in [1.29, 1.82) is 0 Å². The summed E-state index contributed by atoms with van der Waals surface area (Å²) in [7, 11) is 1.29. The van der Waals surface area contributed by atoms with Crippen molar-refractivity contribution in [2.45, 2.75) is 0 Å². The predicted octanol–water partition coefficient (Wildman–Crippen LogP) is 2.78. The topological polar surface area (TPSA) is 26.3 Å². The van der Waals surface area contributed by atoms with Crippen LogP contribution in [0.2, 0.25) is 10.0 Å². The molecular weight excluding hydrogens is 199 g/mol. The molecule has 0 N–H and O–H groups in total. The second-order valence-corrected chi connectivity index (χ2v) is 2.96. The number of hydrogen-bond acceptors (Lipinski definition) is 2. The number of methoxy groups -OCH3 is 1. The molecule has 0 heterocycles. The third-order valence-electron chi connectivity index (χ3n) is 1.33. The second kappa shape index (κ2) is 3.78. The van der Waals surface area contributed by atoms with E-state index >= 15 is 0 Å². The lowest BCUT2D eigenvalue weighted by atomic mass is 10.2. The molecule has 0 unspecified atom stereocenters. The van der Waals surface area contributed by atoms with Crippen LogP contribution in [0.25, 0.3) is 0 Å². The number of halogens is 2. The van der Waals surface area contributed by atoms with Gasteiger partial charge in [0.05, 0.1) is 17.7 Å². The lowest BCUT2D eigenvalue weighted by Crippen LogP contribution is -2.01. The molecule has 64 valence electrons. The molecule has 0 aliphatic heterocycles. The van der Waals surface area contributed by atoms with Crippen LogP contribution in [-0.4, -0.2) is 13.1 Å². The van der Waals surface area contributed by atoms with Crippen LogP contribution in [0.5, 0.6) is 0 Å². The summed E-state index contributed by atoms with van der Waals surface area (Å²) in [6.45, 7) is 0. The maximum Gasteiger partial charge on any atom is 0.339 e. The maximum absolute atomic E-state index is 11.0. The normalized spacial score (nSPS) is 9.58. The van der Waals surface area contributed by atoms with Gasteiger partial charge in [-0.1, -0.05) is 23.2 Å². The van der Waals surface area contributed by atoms with E-state index in [9.17, 15) is 4.79 Å². The molecule has 4 heteroatoms. The average Bonchev–Trinajstić information content (AvgIpc) is 2.08. The number of hydrogen-bond donors (Lipinski definition) is 0. The Kier molecular flexibility index (Phi) is 2.95. The highest BCUT2D eigenvalue weighted by Crippen LogP contribution is 2.20. The van der Waals surface area contributed by atoms with Gasteiger partial charge in [0.2, 0.25) is 0 Å². The number of ether oxygens (including phenoxy) is 1. The van der Waals surface area contributed by atoms with Crippen LogP contribution in [-0.2, 0) is 4.74 Å². The molecule has 0 saturated carbocycles. The fraction of sp³-hybridized carbons (Fsp3) is 0.125. The quantitative estimate of drug-likeness (QED) is 0.659. The molecule has 0 saturated heterocycles. The van der Waals surface area contributed by atoms with E-state index in [1.807, 2.05) is 0 Å². The summed E-state index contributed by atoms with van der Waals surface area (Å²) in [5.74, 6) is -0.484. The zero-order valence-electron chi connectivity index (χ0n) is 6.30. The molecular formula is C8H6Cl2O2. The summed E-state index contributed by atoms with van der Waals surface area (Å²) in [6, 6.07) is 4.63. The Hall–Kier alpha value is -0.730. The van der Waals surface area contributed by atoms with E-state index in [4.69, 9.17) is 23.2 Å².